The van der Waals surface area contributed by atoms with E-state index >= 15 is 0 Å². The van der Waals surface area contributed by atoms with E-state index in [-0.39, 0.29) is 11.6 Å². The van der Waals surface area contributed by atoms with Gasteiger partial charge in [0.05, 0.1) is 5.02 Å². The summed E-state index contributed by atoms with van der Waals surface area (Å²) in [6.07, 6.45) is 11.0. The van der Waals surface area contributed by atoms with Crippen molar-refractivity contribution in [1.29, 1.82) is 0 Å². The van der Waals surface area contributed by atoms with Crippen molar-refractivity contribution in [2.75, 3.05) is 7.11 Å². The molecule has 4 aromatic rings. The number of fused-ring (bicyclic) bond motifs is 1. The van der Waals surface area contributed by atoms with E-state index in [1.807, 2.05) is 6.07 Å². The Morgan fingerprint density at radius 2 is 2.00 bits per heavy atom. The van der Waals surface area contributed by atoms with Gasteiger partial charge < -0.3 is 9.30 Å². The summed E-state index contributed by atoms with van der Waals surface area (Å²) in [6.45, 7) is 3.14. The Morgan fingerprint density at radius 3 is 2.64 bits per heavy atom. The Hall–Kier alpha value is -3.11. The summed E-state index contributed by atoms with van der Waals surface area (Å²) in [5.74, 6) is 1.85. The van der Waals surface area contributed by atoms with E-state index in [1.165, 1.54) is 25.7 Å². The van der Waals surface area contributed by atoms with Gasteiger partial charge in [0.25, 0.3) is 0 Å². The van der Waals surface area contributed by atoms with Crippen LogP contribution < -0.4 is 5.76 Å². The van der Waals surface area contributed by atoms with Gasteiger partial charge in [0.2, 0.25) is 11.6 Å². The van der Waals surface area contributed by atoms with Crippen LogP contribution in [-0.4, -0.2) is 41.8 Å². The number of hydrogen-bond acceptors (Lipinski definition) is 8. The van der Waals surface area contributed by atoms with Crippen LogP contribution in [0.1, 0.15) is 57.7 Å². The number of pyridine rings is 1. The molecule has 2 aliphatic rings. The molecule has 2 saturated carbocycles. The Morgan fingerprint density at radius 1 is 1.19 bits per heavy atom. The van der Waals surface area contributed by atoms with Crippen molar-refractivity contribution in [3.05, 3.63) is 39.9 Å². The van der Waals surface area contributed by atoms with Crippen molar-refractivity contribution in [3.8, 4) is 22.9 Å². The van der Waals surface area contributed by atoms with Gasteiger partial charge >= 0.3 is 5.76 Å². The number of nitrogens with one attached hydrogen (secondary N) is 1. The molecule has 2 aliphatic carbocycles. The molecule has 36 heavy (non-hydrogen) atoms. The minimum absolute atomic E-state index is 0.139. The third kappa shape index (κ3) is 4.02. The second-order valence-electron chi connectivity index (χ2n) is 10.1. The highest BCUT2D eigenvalue weighted by atomic mass is 35.5. The Labute approximate surface area is 212 Å². The van der Waals surface area contributed by atoms with E-state index in [0.717, 1.165) is 48.6 Å². The van der Waals surface area contributed by atoms with Crippen LogP contribution in [0.5, 0.6) is 0 Å². The zero-order valence-corrected chi connectivity index (χ0v) is 21.1. The average Bonchev–Trinajstić information content (AvgIpc) is 3.44. The predicted molar refractivity (Wildman–Crippen MR) is 133 cm³/mol. The van der Waals surface area contributed by atoms with Crippen LogP contribution in [0.2, 0.25) is 5.02 Å². The molecule has 11 heteroatoms. The highest BCUT2D eigenvalue weighted by Gasteiger charge is 2.44. The molecule has 1 N–H and O–H groups in total. The van der Waals surface area contributed by atoms with E-state index in [1.54, 1.807) is 19.5 Å². The van der Waals surface area contributed by atoms with Gasteiger partial charge in [0.1, 0.15) is 22.6 Å². The first-order valence-electron chi connectivity index (χ1n) is 12.5. The summed E-state index contributed by atoms with van der Waals surface area (Å²) in [5, 5.41) is 4.29. The van der Waals surface area contributed by atoms with E-state index in [0.29, 0.717) is 22.3 Å². The number of H-pyrrole nitrogens is 1. The maximum atomic E-state index is 11.6. The summed E-state index contributed by atoms with van der Waals surface area (Å²) in [7, 11) is 1.75. The molecule has 0 aliphatic heterocycles. The number of hydrogen-bond donors (Lipinski definition) is 1. The van der Waals surface area contributed by atoms with Gasteiger partial charge in [0, 0.05) is 31.6 Å². The molecule has 4 aromatic heterocycles. The highest BCUT2D eigenvalue weighted by molar-refractivity contribution is 6.30. The molecule has 2 fully saturated rings. The molecule has 10 nitrogen and oxygen atoms in total. The zero-order valence-electron chi connectivity index (χ0n) is 20.3. The van der Waals surface area contributed by atoms with Gasteiger partial charge in [-0.25, -0.2) is 19.7 Å². The van der Waals surface area contributed by atoms with Crippen LogP contribution in [0.4, 0.5) is 0 Å². The standard InChI is InChI=1S/C25H28ClN7O3/c1-14-4-6-15(7-5-14)13-33-19-18(16-10-17(26)12-27-11-16)28-21(22-31-24(34)36-32-22)29-20(19)30-23(33)25(35-2)8-3-9-25/h10-12,14-15H,3-9,13H2,1-2H3,(H,31,32,34)/t14-,15-. The molecule has 0 aromatic carbocycles. The molecule has 0 radical (unpaired) electrons. The van der Waals surface area contributed by atoms with Crippen LogP contribution in [0.25, 0.3) is 34.1 Å². The fourth-order valence-electron chi connectivity index (χ4n) is 5.52. The van der Waals surface area contributed by atoms with E-state index in [9.17, 15) is 4.79 Å². The normalized spacial score (nSPS) is 21.5. The largest absolute Gasteiger partial charge is 0.439 e. The minimum Gasteiger partial charge on any atom is -0.370 e. The minimum atomic E-state index is -0.676. The molecule has 0 amide bonds. The maximum Gasteiger partial charge on any atom is 0.439 e. The number of imidazole rings is 1. The lowest BCUT2D eigenvalue weighted by molar-refractivity contribution is -0.0870. The lowest BCUT2D eigenvalue weighted by Crippen LogP contribution is -2.39. The van der Waals surface area contributed by atoms with Gasteiger partial charge in [0.15, 0.2) is 5.65 Å². The number of aromatic nitrogens is 7. The Kier molecular flexibility index (Phi) is 5.88. The summed E-state index contributed by atoms with van der Waals surface area (Å²) in [6, 6.07) is 1.82. The first kappa shape index (κ1) is 23.3. The predicted octanol–water partition coefficient (Wildman–Crippen LogP) is 4.74. The summed E-state index contributed by atoms with van der Waals surface area (Å²) in [5.41, 5.74) is 2.23. The molecule has 0 saturated heterocycles. The fraction of sp³-hybridized carbons (Fsp3) is 0.520. The van der Waals surface area contributed by atoms with Crippen molar-refractivity contribution in [3.63, 3.8) is 0 Å². The third-order valence-electron chi connectivity index (χ3n) is 7.77. The van der Waals surface area contributed by atoms with Crippen molar-refractivity contribution in [2.45, 2.75) is 64.0 Å². The van der Waals surface area contributed by atoms with Gasteiger partial charge in [-0.2, -0.15) is 0 Å². The van der Waals surface area contributed by atoms with Crippen LogP contribution in [0.15, 0.2) is 27.8 Å². The molecule has 0 unspecified atom stereocenters. The quantitative estimate of drug-likeness (QED) is 0.395. The summed E-state index contributed by atoms with van der Waals surface area (Å²) >= 11 is 6.32. The SMILES string of the molecule is COC1(c2nc3nc(-c4noc(=O)[nH]4)nc(-c4cncc(Cl)c4)c3n2C[C@H]2CC[C@H](C)CC2)CCC1. The summed E-state index contributed by atoms with van der Waals surface area (Å²) in [4.78, 5) is 33.1. The van der Waals surface area contributed by atoms with Crippen molar-refractivity contribution >= 4 is 22.8 Å². The summed E-state index contributed by atoms with van der Waals surface area (Å²) < 4.78 is 13.1. The molecule has 6 rings (SSSR count). The highest BCUT2D eigenvalue weighted by Crippen LogP contribution is 2.46. The van der Waals surface area contributed by atoms with Gasteiger partial charge in [-0.1, -0.05) is 36.5 Å². The first-order chi connectivity index (χ1) is 17.5. The molecule has 0 spiro atoms. The van der Waals surface area contributed by atoms with Crippen LogP contribution in [-0.2, 0) is 16.9 Å². The topological polar surface area (TPSA) is 125 Å². The molecule has 188 valence electrons. The molecule has 0 bridgehead atoms. The Bertz CT molecular complexity index is 1460. The van der Waals surface area contributed by atoms with Crippen molar-refractivity contribution in [1.82, 2.24) is 34.6 Å². The number of halogens is 1. The lowest BCUT2D eigenvalue weighted by atomic mass is 9.78. The second kappa shape index (κ2) is 9.08. The maximum absolute atomic E-state index is 11.6. The number of nitrogens with zero attached hydrogens (tertiary/aromatic N) is 6. The third-order valence-corrected chi connectivity index (χ3v) is 7.98. The van der Waals surface area contributed by atoms with Crippen LogP contribution in [0, 0.1) is 11.8 Å². The van der Waals surface area contributed by atoms with Crippen LogP contribution in [0.3, 0.4) is 0 Å². The van der Waals surface area contributed by atoms with Crippen molar-refractivity contribution in [2.24, 2.45) is 11.8 Å². The van der Waals surface area contributed by atoms with E-state index in [2.05, 4.69) is 26.6 Å². The molecule has 0 atom stereocenters. The number of rotatable bonds is 6. The number of ether oxygens (including phenoxy) is 1. The van der Waals surface area contributed by atoms with Crippen LogP contribution >= 0.6 is 11.6 Å². The zero-order chi connectivity index (χ0) is 24.9. The van der Waals surface area contributed by atoms with Gasteiger partial charge in [-0.3, -0.25) is 14.5 Å². The average molecular weight is 510 g/mol. The second-order valence-corrected chi connectivity index (χ2v) is 10.6. The monoisotopic (exact) mass is 509 g/mol. The molecular weight excluding hydrogens is 482 g/mol. The van der Waals surface area contributed by atoms with Gasteiger partial charge in [-0.15, -0.1) is 0 Å². The first-order valence-corrected chi connectivity index (χ1v) is 12.8. The number of aromatic amines is 1. The number of methoxy groups -OCH3 is 1. The molecule has 4 heterocycles. The van der Waals surface area contributed by atoms with E-state index < -0.39 is 11.4 Å². The van der Waals surface area contributed by atoms with Gasteiger partial charge in [-0.05, 0) is 50.0 Å². The van der Waals surface area contributed by atoms with Crippen molar-refractivity contribution < 1.29 is 9.26 Å². The lowest BCUT2D eigenvalue weighted by Gasteiger charge is -2.40. The Balaban J connectivity index is 1.60. The molecular formula is C25H28ClN7O3. The smallest absolute Gasteiger partial charge is 0.370 e. The van der Waals surface area contributed by atoms with E-state index in [4.69, 9.17) is 35.8 Å². The fourth-order valence-corrected chi connectivity index (χ4v) is 5.70.